The highest BCUT2D eigenvalue weighted by molar-refractivity contribution is 5.74. The van der Waals surface area contributed by atoms with Gasteiger partial charge in [0.15, 0.2) is 5.69 Å². The molecular formula is C17H14N2. The first-order chi connectivity index (χ1) is 9.06. The smallest absolute Gasteiger partial charge is 0.190 e. The molecule has 0 spiro atoms. The molecule has 0 aliphatic carbocycles. The fourth-order valence-corrected chi connectivity index (χ4v) is 2.18. The van der Waals surface area contributed by atoms with Gasteiger partial charge in [0.1, 0.15) is 0 Å². The van der Waals surface area contributed by atoms with Crippen LogP contribution >= 0.6 is 0 Å². The summed E-state index contributed by atoms with van der Waals surface area (Å²) in [5, 5.41) is 9.13. The molecule has 2 aromatic carbocycles. The van der Waals surface area contributed by atoms with Crippen molar-refractivity contribution in [2.75, 3.05) is 0 Å². The van der Waals surface area contributed by atoms with Crippen molar-refractivity contribution in [2.24, 2.45) is 0 Å². The predicted octanol–water partition coefficient (Wildman–Crippen LogP) is 4.70. The quantitative estimate of drug-likeness (QED) is 0.670. The molecule has 0 saturated heterocycles. The first-order valence-electron chi connectivity index (χ1n) is 6.06. The van der Waals surface area contributed by atoms with Crippen molar-refractivity contribution in [1.82, 2.24) is 0 Å². The Morgan fingerprint density at radius 1 is 1.00 bits per heavy atom. The first-order valence-corrected chi connectivity index (χ1v) is 6.06. The van der Waals surface area contributed by atoms with E-state index in [9.17, 15) is 0 Å². The van der Waals surface area contributed by atoms with Crippen molar-refractivity contribution < 1.29 is 0 Å². The Balaban J connectivity index is 2.66. The molecule has 0 heterocycles. The summed E-state index contributed by atoms with van der Waals surface area (Å²) >= 11 is 0. The number of benzene rings is 2. The molecule has 0 unspecified atom stereocenters. The Bertz CT molecular complexity index is 728. The van der Waals surface area contributed by atoms with E-state index in [1.807, 2.05) is 51.1 Å². The van der Waals surface area contributed by atoms with E-state index < -0.39 is 0 Å². The standard InChI is InChI=1S/C17H14N2/c1-11-5-6-14(9-17(11)19-4)16-8-15(10-18)12(2)7-13(16)3/h5-9H,1-3H3. The Morgan fingerprint density at radius 2 is 1.74 bits per heavy atom. The minimum atomic E-state index is 0.663. The van der Waals surface area contributed by atoms with Crippen LogP contribution in [0.5, 0.6) is 0 Å². The van der Waals surface area contributed by atoms with Crippen LogP contribution in [0.25, 0.3) is 16.0 Å². The minimum absolute atomic E-state index is 0.663. The SMILES string of the molecule is [C-]#[N+]c1cc(-c2cc(C#N)c(C)cc2C)ccc1C. The fraction of sp³-hybridized carbons (Fsp3) is 0.176. The van der Waals surface area contributed by atoms with Crippen molar-refractivity contribution in [1.29, 1.82) is 5.26 Å². The van der Waals surface area contributed by atoms with Gasteiger partial charge in [-0.15, -0.1) is 0 Å². The highest BCUT2D eigenvalue weighted by atomic mass is 14.6. The molecule has 0 saturated carbocycles. The summed E-state index contributed by atoms with van der Waals surface area (Å²) in [6, 6.07) is 12.0. The molecular weight excluding hydrogens is 232 g/mol. The van der Waals surface area contributed by atoms with E-state index >= 15 is 0 Å². The summed E-state index contributed by atoms with van der Waals surface area (Å²) in [4.78, 5) is 3.53. The van der Waals surface area contributed by atoms with Crippen molar-refractivity contribution in [3.8, 4) is 17.2 Å². The molecule has 2 aromatic rings. The highest BCUT2D eigenvalue weighted by Crippen LogP contribution is 2.30. The molecule has 0 fully saturated rings. The molecule has 2 nitrogen and oxygen atoms in total. The van der Waals surface area contributed by atoms with Crippen LogP contribution < -0.4 is 0 Å². The van der Waals surface area contributed by atoms with E-state index in [1.165, 1.54) is 0 Å². The van der Waals surface area contributed by atoms with Gasteiger partial charge in [0.2, 0.25) is 0 Å². The topological polar surface area (TPSA) is 28.1 Å². The van der Waals surface area contributed by atoms with Crippen molar-refractivity contribution in [3.05, 3.63) is 64.0 Å². The normalized spacial score (nSPS) is 9.74. The fourth-order valence-electron chi connectivity index (χ4n) is 2.18. The third-order valence-corrected chi connectivity index (χ3v) is 3.33. The number of aryl methyl sites for hydroxylation is 3. The van der Waals surface area contributed by atoms with Crippen molar-refractivity contribution in [3.63, 3.8) is 0 Å². The molecule has 19 heavy (non-hydrogen) atoms. The van der Waals surface area contributed by atoms with E-state index in [-0.39, 0.29) is 0 Å². The van der Waals surface area contributed by atoms with Gasteiger partial charge in [-0.3, -0.25) is 0 Å². The molecule has 0 aromatic heterocycles. The van der Waals surface area contributed by atoms with Crippen LogP contribution in [0.4, 0.5) is 5.69 Å². The third-order valence-electron chi connectivity index (χ3n) is 3.33. The van der Waals surface area contributed by atoms with Gasteiger partial charge >= 0.3 is 0 Å². The number of hydrogen-bond acceptors (Lipinski definition) is 1. The van der Waals surface area contributed by atoms with E-state index in [0.29, 0.717) is 11.3 Å². The van der Waals surface area contributed by atoms with E-state index in [2.05, 4.69) is 10.9 Å². The lowest BCUT2D eigenvalue weighted by Gasteiger charge is -2.10. The van der Waals surface area contributed by atoms with Crippen LogP contribution in [0.3, 0.4) is 0 Å². The maximum atomic E-state index is 9.13. The van der Waals surface area contributed by atoms with Crippen LogP contribution in [-0.2, 0) is 0 Å². The van der Waals surface area contributed by atoms with Crippen LogP contribution in [0.15, 0.2) is 30.3 Å². The molecule has 0 atom stereocenters. The Labute approximate surface area is 113 Å². The van der Waals surface area contributed by atoms with Gasteiger partial charge in [-0.05, 0) is 60.7 Å². The summed E-state index contributed by atoms with van der Waals surface area (Å²) in [6.07, 6.45) is 0. The van der Waals surface area contributed by atoms with Crippen LogP contribution in [0, 0.1) is 38.7 Å². The summed E-state index contributed by atoms with van der Waals surface area (Å²) in [6.45, 7) is 13.1. The number of hydrogen-bond donors (Lipinski definition) is 0. The number of nitrogens with zero attached hydrogens (tertiary/aromatic N) is 2. The second kappa shape index (κ2) is 4.96. The summed E-state index contributed by atoms with van der Waals surface area (Å²) < 4.78 is 0. The number of rotatable bonds is 1. The van der Waals surface area contributed by atoms with Gasteiger partial charge in [-0.1, -0.05) is 18.2 Å². The highest BCUT2D eigenvalue weighted by Gasteiger charge is 2.08. The molecule has 0 amide bonds. The zero-order valence-corrected chi connectivity index (χ0v) is 11.3. The average Bonchev–Trinajstić information content (AvgIpc) is 2.40. The summed E-state index contributed by atoms with van der Waals surface area (Å²) in [5.74, 6) is 0. The second-order valence-corrected chi connectivity index (χ2v) is 4.71. The van der Waals surface area contributed by atoms with E-state index in [1.54, 1.807) is 0 Å². The monoisotopic (exact) mass is 246 g/mol. The molecule has 0 bridgehead atoms. The van der Waals surface area contributed by atoms with Gasteiger partial charge in [-0.25, -0.2) is 4.85 Å². The molecule has 0 N–H and O–H groups in total. The summed E-state index contributed by atoms with van der Waals surface area (Å²) in [5.41, 5.74) is 6.45. The minimum Gasteiger partial charge on any atom is -0.238 e. The average molecular weight is 246 g/mol. The zero-order valence-electron chi connectivity index (χ0n) is 11.3. The second-order valence-electron chi connectivity index (χ2n) is 4.71. The number of nitriles is 1. The molecule has 0 radical (unpaired) electrons. The largest absolute Gasteiger partial charge is 0.238 e. The van der Waals surface area contributed by atoms with Crippen LogP contribution in [-0.4, -0.2) is 0 Å². The Hall–Kier alpha value is -2.58. The lowest BCUT2D eigenvalue weighted by molar-refractivity contribution is 1.34. The van der Waals surface area contributed by atoms with Crippen LogP contribution in [0.1, 0.15) is 22.3 Å². The third kappa shape index (κ3) is 2.34. The Morgan fingerprint density at radius 3 is 2.37 bits per heavy atom. The first kappa shape index (κ1) is 12.9. The Kier molecular flexibility index (Phi) is 3.36. The lowest BCUT2D eigenvalue weighted by Crippen LogP contribution is -1.90. The van der Waals surface area contributed by atoms with Gasteiger partial charge in [0.05, 0.1) is 18.2 Å². The van der Waals surface area contributed by atoms with Crippen molar-refractivity contribution in [2.45, 2.75) is 20.8 Å². The van der Waals surface area contributed by atoms with E-state index in [4.69, 9.17) is 11.8 Å². The van der Waals surface area contributed by atoms with Crippen molar-refractivity contribution >= 4 is 5.69 Å². The van der Waals surface area contributed by atoms with Gasteiger partial charge in [0.25, 0.3) is 0 Å². The molecule has 0 aliphatic rings. The predicted molar refractivity (Wildman–Crippen MR) is 77.1 cm³/mol. The molecule has 2 heteroatoms. The maximum Gasteiger partial charge on any atom is 0.190 e. The van der Waals surface area contributed by atoms with Gasteiger partial charge in [0, 0.05) is 0 Å². The van der Waals surface area contributed by atoms with E-state index in [0.717, 1.165) is 27.8 Å². The van der Waals surface area contributed by atoms with Gasteiger partial charge < -0.3 is 0 Å². The molecule has 2 rings (SSSR count). The van der Waals surface area contributed by atoms with Gasteiger partial charge in [-0.2, -0.15) is 5.26 Å². The lowest BCUT2D eigenvalue weighted by atomic mass is 9.94. The maximum absolute atomic E-state index is 9.13. The molecule has 0 aliphatic heterocycles. The van der Waals surface area contributed by atoms with Crippen LogP contribution in [0.2, 0.25) is 0 Å². The molecule has 92 valence electrons. The summed E-state index contributed by atoms with van der Waals surface area (Å²) in [7, 11) is 0. The zero-order chi connectivity index (χ0) is 14.0.